The maximum atomic E-state index is 6.21. The molecule has 17 heavy (non-hydrogen) atoms. The van der Waals surface area contributed by atoms with Crippen LogP contribution < -0.4 is 10.5 Å². The molecule has 0 fully saturated rings. The molecule has 0 aromatic heterocycles. The van der Waals surface area contributed by atoms with Crippen LogP contribution in [-0.2, 0) is 0 Å². The molecule has 0 radical (unpaired) electrons. The SMILES string of the molecule is CC(C)(C)CC1CC(N)c2ccc(Br)cc2O1. The van der Waals surface area contributed by atoms with Gasteiger partial charge in [0.15, 0.2) is 0 Å². The van der Waals surface area contributed by atoms with E-state index < -0.39 is 0 Å². The van der Waals surface area contributed by atoms with Crippen LogP contribution in [0.15, 0.2) is 22.7 Å². The summed E-state index contributed by atoms with van der Waals surface area (Å²) >= 11 is 3.47. The van der Waals surface area contributed by atoms with Gasteiger partial charge in [0, 0.05) is 22.5 Å². The number of fused-ring (bicyclic) bond motifs is 1. The first kappa shape index (κ1) is 12.9. The molecule has 0 bridgehead atoms. The summed E-state index contributed by atoms with van der Waals surface area (Å²) in [5, 5.41) is 0. The van der Waals surface area contributed by atoms with Crippen LogP contribution in [0.1, 0.15) is 45.2 Å². The molecule has 1 aromatic carbocycles. The van der Waals surface area contributed by atoms with Crippen molar-refractivity contribution >= 4 is 15.9 Å². The Morgan fingerprint density at radius 2 is 2.12 bits per heavy atom. The molecule has 0 amide bonds. The average Bonchev–Trinajstić information content (AvgIpc) is 2.13. The van der Waals surface area contributed by atoms with Crippen molar-refractivity contribution in [2.24, 2.45) is 11.1 Å². The Labute approximate surface area is 112 Å². The number of nitrogens with two attached hydrogens (primary N) is 1. The molecule has 1 aromatic rings. The Morgan fingerprint density at radius 3 is 2.76 bits per heavy atom. The highest BCUT2D eigenvalue weighted by Gasteiger charge is 2.29. The number of halogens is 1. The van der Waals surface area contributed by atoms with Crippen molar-refractivity contribution in [3.8, 4) is 5.75 Å². The monoisotopic (exact) mass is 297 g/mol. The summed E-state index contributed by atoms with van der Waals surface area (Å²) < 4.78 is 7.09. The number of hydrogen-bond donors (Lipinski definition) is 1. The third-order valence-electron chi connectivity index (χ3n) is 3.03. The van der Waals surface area contributed by atoms with Crippen LogP contribution in [-0.4, -0.2) is 6.10 Å². The van der Waals surface area contributed by atoms with Gasteiger partial charge in [-0.25, -0.2) is 0 Å². The zero-order valence-corrected chi connectivity index (χ0v) is 12.3. The van der Waals surface area contributed by atoms with Crippen LogP contribution in [0.2, 0.25) is 0 Å². The first-order valence-corrected chi connectivity index (χ1v) is 6.86. The Bertz CT molecular complexity index is 411. The zero-order valence-electron chi connectivity index (χ0n) is 10.7. The molecule has 1 heterocycles. The minimum Gasteiger partial charge on any atom is -0.490 e. The zero-order chi connectivity index (χ0) is 12.6. The largest absolute Gasteiger partial charge is 0.490 e. The molecule has 1 aliphatic heterocycles. The minimum absolute atomic E-state index is 0.0965. The van der Waals surface area contributed by atoms with Crippen molar-refractivity contribution in [2.45, 2.75) is 45.8 Å². The molecule has 1 aliphatic rings. The highest BCUT2D eigenvalue weighted by molar-refractivity contribution is 9.10. The standard InChI is InChI=1S/C14H20BrNO/c1-14(2,3)8-10-7-12(16)11-5-4-9(15)6-13(11)17-10/h4-6,10,12H,7-8,16H2,1-3H3. The molecule has 0 aliphatic carbocycles. The van der Waals surface area contributed by atoms with Gasteiger partial charge < -0.3 is 10.5 Å². The molecule has 0 spiro atoms. The molecule has 2 atom stereocenters. The van der Waals surface area contributed by atoms with Crippen LogP contribution >= 0.6 is 15.9 Å². The lowest BCUT2D eigenvalue weighted by Crippen LogP contribution is -2.32. The summed E-state index contributed by atoms with van der Waals surface area (Å²) in [5.41, 5.74) is 7.61. The summed E-state index contributed by atoms with van der Waals surface area (Å²) in [4.78, 5) is 0. The maximum absolute atomic E-state index is 6.21. The van der Waals surface area contributed by atoms with E-state index in [1.807, 2.05) is 12.1 Å². The highest BCUT2D eigenvalue weighted by Crippen LogP contribution is 2.38. The molecule has 2 unspecified atom stereocenters. The van der Waals surface area contributed by atoms with Gasteiger partial charge >= 0.3 is 0 Å². The topological polar surface area (TPSA) is 35.2 Å². The second-order valence-electron chi connectivity index (χ2n) is 6.03. The van der Waals surface area contributed by atoms with E-state index >= 15 is 0 Å². The fraction of sp³-hybridized carbons (Fsp3) is 0.571. The quantitative estimate of drug-likeness (QED) is 0.849. The van der Waals surface area contributed by atoms with Crippen molar-refractivity contribution in [1.82, 2.24) is 0 Å². The molecule has 94 valence electrons. The average molecular weight is 298 g/mol. The second kappa shape index (κ2) is 4.62. The molecule has 3 heteroatoms. The van der Waals surface area contributed by atoms with E-state index in [1.165, 1.54) is 0 Å². The summed E-state index contributed by atoms with van der Waals surface area (Å²) in [7, 11) is 0. The molecule has 0 saturated heterocycles. The minimum atomic E-state index is 0.0965. The van der Waals surface area contributed by atoms with Gasteiger partial charge in [-0.05, 0) is 24.0 Å². The molecule has 0 saturated carbocycles. The van der Waals surface area contributed by atoms with E-state index in [4.69, 9.17) is 10.5 Å². The molecular formula is C14H20BrNO. The first-order valence-electron chi connectivity index (χ1n) is 6.07. The van der Waals surface area contributed by atoms with Crippen LogP contribution in [0.4, 0.5) is 0 Å². The summed E-state index contributed by atoms with van der Waals surface area (Å²) in [6, 6.07) is 6.19. The van der Waals surface area contributed by atoms with Crippen molar-refractivity contribution in [1.29, 1.82) is 0 Å². The van der Waals surface area contributed by atoms with Gasteiger partial charge in [0.05, 0.1) is 0 Å². The molecular weight excluding hydrogens is 278 g/mol. The Hall–Kier alpha value is -0.540. The van der Waals surface area contributed by atoms with Gasteiger partial charge in [-0.15, -0.1) is 0 Å². The van der Waals surface area contributed by atoms with Gasteiger partial charge in [0.2, 0.25) is 0 Å². The number of hydrogen-bond acceptors (Lipinski definition) is 2. The fourth-order valence-corrected chi connectivity index (χ4v) is 2.70. The van der Waals surface area contributed by atoms with E-state index in [-0.39, 0.29) is 17.6 Å². The van der Waals surface area contributed by atoms with E-state index in [0.717, 1.165) is 28.6 Å². The number of benzene rings is 1. The predicted molar refractivity (Wildman–Crippen MR) is 74.2 cm³/mol. The van der Waals surface area contributed by atoms with Crippen LogP contribution in [0, 0.1) is 5.41 Å². The lowest BCUT2D eigenvalue weighted by molar-refractivity contribution is 0.112. The van der Waals surface area contributed by atoms with E-state index in [9.17, 15) is 0 Å². The Balaban J connectivity index is 2.20. The van der Waals surface area contributed by atoms with Crippen LogP contribution in [0.25, 0.3) is 0 Å². The van der Waals surface area contributed by atoms with Gasteiger partial charge in [0.25, 0.3) is 0 Å². The van der Waals surface area contributed by atoms with Crippen LogP contribution in [0.3, 0.4) is 0 Å². The van der Waals surface area contributed by atoms with Gasteiger partial charge in [-0.1, -0.05) is 42.8 Å². The lowest BCUT2D eigenvalue weighted by Gasteiger charge is -2.34. The predicted octanol–water partition coefficient (Wildman–Crippen LogP) is 4.04. The van der Waals surface area contributed by atoms with E-state index in [2.05, 4.69) is 42.8 Å². The molecule has 2 nitrogen and oxygen atoms in total. The third-order valence-corrected chi connectivity index (χ3v) is 3.52. The van der Waals surface area contributed by atoms with Crippen molar-refractivity contribution in [3.05, 3.63) is 28.2 Å². The summed E-state index contributed by atoms with van der Waals surface area (Å²) in [5.74, 6) is 0.937. The third kappa shape index (κ3) is 3.23. The van der Waals surface area contributed by atoms with Crippen molar-refractivity contribution in [3.63, 3.8) is 0 Å². The van der Waals surface area contributed by atoms with Crippen molar-refractivity contribution in [2.75, 3.05) is 0 Å². The maximum Gasteiger partial charge on any atom is 0.125 e. The number of ether oxygens (including phenoxy) is 1. The molecule has 2 N–H and O–H groups in total. The summed E-state index contributed by atoms with van der Waals surface area (Å²) in [6.07, 6.45) is 2.17. The van der Waals surface area contributed by atoms with Gasteiger partial charge in [-0.2, -0.15) is 0 Å². The Kier molecular flexibility index (Phi) is 3.50. The molecule has 2 rings (SSSR count). The smallest absolute Gasteiger partial charge is 0.125 e. The van der Waals surface area contributed by atoms with Crippen molar-refractivity contribution < 1.29 is 4.74 Å². The fourth-order valence-electron chi connectivity index (χ4n) is 2.36. The number of rotatable bonds is 1. The van der Waals surface area contributed by atoms with Crippen LogP contribution in [0.5, 0.6) is 5.75 Å². The highest BCUT2D eigenvalue weighted by atomic mass is 79.9. The normalized spacial score (nSPS) is 24.1. The lowest BCUT2D eigenvalue weighted by atomic mass is 9.85. The Morgan fingerprint density at radius 1 is 1.41 bits per heavy atom. The second-order valence-corrected chi connectivity index (χ2v) is 6.94. The van der Waals surface area contributed by atoms with E-state index in [0.29, 0.717) is 0 Å². The van der Waals surface area contributed by atoms with Gasteiger partial charge in [-0.3, -0.25) is 0 Å². The summed E-state index contributed by atoms with van der Waals surface area (Å²) in [6.45, 7) is 6.70. The first-order chi connectivity index (χ1) is 7.85. The van der Waals surface area contributed by atoms with E-state index in [1.54, 1.807) is 0 Å². The van der Waals surface area contributed by atoms with Gasteiger partial charge in [0.1, 0.15) is 11.9 Å².